The Morgan fingerprint density at radius 1 is 0.765 bits per heavy atom. The Hall–Kier alpha value is -0.750. The fraction of sp³-hybridized carbons (Fsp3) is 0.897. The Kier molecular flexibility index (Phi) is 7.44. The highest BCUT2D eigenvalue weighted by Gasteiger charge is 2.65. The van der Waals surface area contributed by atoms with Gasteiger partial charge in [-0.15, -0.1) is 0 Å². The van der Waals surface area contributed by atoms with Crippen molar-refractivity contribution >= 4 is 5.78 Å². The number of fused-ring (bicyclic) bond motifs is 5. The summed E-state index contributed by atoms with van der Waals surface area (Å²) in [6.45, 7) is 17.7. The van der Waals surface area contributed by atoms with Gasteiger partial charge < -0.3 is 18.9 Å². The van der Waals surface area contributed by atoms with Crippen molar-refractivity contribution in [2.75, 3.05) is 26.4 Å². The SMILES string of the molecule is CC.CC.CC1(C2CC[C@H]3C4C(=O)C=C5CC6(CC[C@]5(C)[C@H]4CCC23C)OCCO6)OCCO1. The molecule has 3 saturated carbocycles. The molecule has 6 atom stereocenters. The predicted octanol–water partition coefficient (Wildman–Crippen LogP) is 6.30. The van der Waals surface area contributed by atoms with Gasteiger partial charge in [0.15, 0.2) is 17.4 Å². The summed E-state index contributed by atoms with van der Waals surface area (Å²) >= 11 is 0. The molecule has 2 aliphatic heterocycles. The van der Waals surface area contributed by atoms with Crippen molar-refractivity contribution in [3.63, 3.8) is 0 Å². The number of carbonyl (C=O) groups excluding carboxylic acids is 1. The van der Waals surface area contributed by atoms with Gasteiger partial charge in [-0.25, -0.2) is 0 Å². The van der Waals surface area contributed by atoms with Gasteiger partial charge in [-0.1, -0.05) is 47.1 Å². The van der Waals surface area contributed by atoms with E-state index in [9.17, 15) is 4.79 Å². The maximum absolute atomic E-state index is 13.6. The third-order valence-corrected chi connectivity index (χ3v) is 10.3. The molecule has 0 aromatic heterocycles. The van der Waals surface area contributed by atoms with Crippen molar-refractivity contribution in [3.8, 4) is 0 Å². The maximum atomic E-state index is 13.6. The molecule has 5 nitrogen and oxygen atoms in total. The fourth-order valence-corrected chi connectivity index (χ4v) is 8.69. The zero-order valence-electron chi connectivity index (χ0n) is 22.7. The van der Waals surface area contributed by atoms with Gasteiger partial charge in [-0.2, -0.15) is 0 Å². The number of hydrogen-bond donors (Lipinski definition) is 0. The Morgan fingerprint density at radius 3 is 2.03 bits per heavy atom. The molecule has 0 aromatic rings. The number of ether oxygens (including phenoxy) is 4. The highest BCUT2D eigenvalue weighted by Crippen LogP contribution is 2.68. The van der Waals surface area contributed by atoms with E-state index in [1.165, 1.54) is 12.0 Å². The second-order valence-electron chi connectivity index (χ2n) is 11.4. The van der Waals surface area contributed by atoms with Crippen LogP contribution in [0.1, 0.15) is 93.4 Å². The molecule has 2 heterocycles. The summed E-state index contributed by atoms with van der Waals surface area (Å²) in [6, 6.07) is 0. The van der Waals surface area contributed by atoms with Crippen molar-refractivity contribution in [2.24, 2.45) is 34.5 Å². The van der Waals surface area contributed by atoms with Crippen LogP contribution in [0.15, 0.2) is 11.6 Å². The zero-order chi connectivity index (χ0) is 24.8. The summed E-state index contributed by atoms with van der Waals surface area (Å²) in [5.74, 6) is 0.810. The molecule has 0 amide bonds. The molecule has 0 N–H and O–H groups in total. The summed E-state index contributed by atoms with van der Waals surface area (Å²) in [5.41, 5.74) is 1.50. The normalized spacial score (nSPS) is 43.5. The first-order chi connectivity index (χ1) is 16.3. The van der Waals surface area contributed by atoms with Crippen LogP contribution in [0.5, 0.6) is 0 Å². The van der Waals surface area contributed by atoms with Crippen LogP contribution in [0, 0.1) is 34.5 Å². The third kappa shape index (κ3) is 3.84. The molecule has 0 radical (unpaired) electrons. The van der Waals surface area contributed by atoms with Gasteiger partial charge in [0.25, 0.3) is 0 Å². The van der Waals surface area contributed by atoms with E-state index in [-0.39, 0.29) is 16.7 Å². The molecule has 194 valence electrons. The van der Waals surface area contributed by atoms with Gasteiger partial charge in [0.2, 0.25) is 0 Å². The standard InChI is InChI=1S/C25H36O5.2C2H6/c1-22-8-9-25(29-12-13-30-25)15-16(22)14-19(26)21-17-4-5-20(24(3)27-10-11-28-24)23(17,2)7-6-18(21)22;2*1-2/h14,17-18,20-21H,4-13,15H2,1-3H3;2*1-2H3/t17-,18-,20?,21?,22-,23?;;/m0../s1. The van der Waals surface area contributed by atoms with Crippen molar-refractivity contribution in [1.29, 1.82) is 0 Å². The van der Waals surface area contributed by atoms with Gasteiger partial charge >= 0.3 is 0 Å². The molecule has 5 heteroatoms. The van der Waals surface area contributed by atoms with E-state index >= 15 is 0 Å². The molecule has 4 aliphatic carbocycles. The largest absolute Gasteiger partial charge is 0.348 e. The van der Waals surface area contributed by atoms with E-state index in [0.717, 1.165) is 38.5 Å². The van der Waals surface area contributed by atoms with Gasteiger partial charge in [-0.05, 0) is 67.8 Å². The molecular weight excluding hydrogens is 428 g/mol. The number of carbonyl (C=O) groups is 1. The lowest BCUT2D eigenvalue weighted by atomic mass is 9.46. The van der Waals surface area contributed by atoms with E-state index in [2.05, 4.69) is 20.8 Å². The highest BCUT2D eigenvalue weighted by atomic mass is 16.7. The average molecular weight is 477 g/mol. The first-order valence-electron chi connectivity index (χ1n) is 14.1. The number of rotatable bonds is 1. The van der Waals surface area contributed by atoms with Gasteiger partial charge in [-0.3, -0.25) is 4.79 Å². The zero-order valence-corrected chi connectivity index (χ0v) is 22.7. The summed E-state index contributed by atoms with van der Waals surface area (Å²) < 4.78 is 24.3. The van der Waals surface area contributed by atoms with Crippen LogP contribution >= 0.6 is 0 Å². The van der Waals surface area contributed by atoms with Crippen molar-refractivity contribution in [1.82, 2.24) is 0 Å². The fourth-order valence-electron chi connectivity index (χ4n) is 8.69. The minimum absolute atomic E-state index is 0.100. The lowest BCUT2D eigenvalue weighted by Gasteiger charge is -2.58. The molecule has 0 aromatic carbocycles. The second kappa shape index (κ2) is 9.61. The van der Waals surface area contributed by atoms with Gasteiger partial charge in [0, 0.05) is 24.7 Å². The van der Waals surface area contributed by atoms with Crippen LogP contribution in [0.4, 0.5) is 0 Å². The van der Waals surface area contributed by atoms with E-state index in [1.807, 2.05) is 33.8 Å². The molecule has 3 unspecified atom stereocenters. The van der Waals surface area contributed by atoms with Crippen LogP contribution in [-0.4, -0.2) is 43.8 Å². The highest BCUT2D eigenvalue weighted by molar-refractivity contribution is 5.94. The summed E-state index contributed by atoms with van der Waals surface area (Å²) in [5, 5.41) is 0. The summed E-state index contributed by atoms with van der Waals surface area (Å²) in [7, 11) is 0. The molecule has 6 aliphatic rings. The summed E-state index contributed by atoms with van der Waals surface area (Å²) in [4.78, 5) is 13.6. The number of allylic oxidation sites excluding steroid dienone is 1. The van der Waals surface area contributed by atoms with Crippen LogP contribution in [-0.2, 0) is 23.7 Å². The predicted molar refractivity (Wildman–Crippen MR) is 133 cm³/mol. The average Bonchev–Trinajstić information content (AvgIpc) is 3.57. The molecule has 0 bridgehead atoms. The second-order valence-corrected chi connectivity index (χ2v) is 11.4. The lowest BCUT2D eigenvalue weighted by Crippen LogP contribution is -2.56. The summed E-state index contributed by atoms with van der Waals surface area (Å²) in [6.07, 6.45) is 9.29. The molecule has 2 saturated heterocycles. The molecule has 1 spiro atoms. The molecule has 34 heavy (non-hydrogen) atoms. The van der Waals surface area contributed by atoms with Crippen LogP contribution in [0.3, 0.4) is 0 Å². The van der Waals surface area contributed by atoms with Crippen LogP contribution in [0.25, 0.3) is 0 Å². The third-order valence-electron chi connectivity index (χ3n) is 10.3. The van der Waals surface area contributed by atoms with Gasteiger partial charge in [0.1, 0.15) is 0 Å². The maximum Gasteiger partial charge on any atom is 0.172 e. The van der Waals surface area contributed by atoms with Crippen molar-refractivity contribution < 1.29 is 23.7 Å². The number of hydrogen-bond acceptors (Lipinski definition) is 5. The minimum atomic E-state index is -0.479. The quantitative estimate of drug-likeness (QED) is 0.444. The molecule has 6 rings (SSSR count). The molecular formula is C29H48O5. The smallest absolute Gasteiger partial charge is 0.172 e. The van der Waals surface area contributed by atoms with E-state index in [0.29, 0.717) is 50.0 Å². The van der Waals surface area contributed by atoms with Crippen molar-refractivity contribution in [2.45, 2.75) is 105 Å². The minimum Gasteiger partial charge on any atom is -0.348 e. The monoisotopic (exact) mass is 476 g/mol. The Morgan fingerprint density at radius 2 is 1.38 bits per heavy atom. The first kappa shape index (κ1) is 26.3. The number of ketones is 1. The van der Waals surface area contributed by atoms with Crippen LogP contribution in [0.2, 0.25) is 0 Å². The van der Waals surface area contributed by atoms with Gasteiger partial charge in [0.05, 0.1) is 26.4 Å². The Bertz CT molecular complexity index is 777. The lowest BCUT2D eigenvalue weighted by molar-refractivity contribution is -0.216. The topological polar surface area (TPSA) is 54.0 Å². The van der Waals surface area contributed by atoms with E-state index in [4.69, 9.17) is 18.9 Å². The van der Waals surface area contributed by atoms with E-state index in [1.54, 1.807) is 0 Å². The van der Waals surface area contributed by atoms with Crippen LogP contribution < -0.4 is 0 Å². The van der Waals surface area contributed by atoms with Crippen molar-refractivity contribution in [3.05, 3.63) is 11.6 Å². The molecule has 5 fully saturated rings. The van der Waals surface area contributed by atoms with E-state index < -0.39 is 11.6 Å². The Balaban J connectivity index is 0.000000652. The Labute approximate surface area is 207 Å². The first-order valence-corrected chi connectivity index (χ1v) is 14.1.